The topological polar surface area (TPSA) is 62.3 Å². The van der Waals surface area contributed by atoms with Gasteiger partial charge >= 0.3 is 0 Å². The number of hydrogen-bond acceptors (Lipinski definition) is 4. The van der Waals surface area contributed by atoms with Crippen molar-refractivity contribution in [2.75, 3.05) is 10.2 Å². The van der Waals surface area contributed by atoms with Crippen molar-refractivity contribution in [3.05, 3.63) is 76.1 Å². The van der Waals surface area contributed by atoms with Crippen molar-refractivity contribution in [3.8, 4) is 0 Å². The quantitative estimate of drug-likeness (QED) is 0.713. The fourth-order valence-electron chi connectivity index (χ4n) is 3.59. The average Bonchev–Trinajstić information content (AvgIpc) is 3.30. The molecule has 28 heavy (non-hydrogen) atoms. The summed E-state index contributed by atoms with van der Waals surface area (Å²) in [6.45, 7) is 3.96. The normalized spacial score (nSPS) is 19.1. The lowest BCUT2D eigenvalue weighted by Gasteiger charge is -2.27. The summed E-state index contributed by atoms with van der Waals surface area (Å²) in [5.74, 6) is -0.190. The van der Waals surface area contributed by atoms with Gasteiger partial charge in [-0.15, -0.1) is 11.3 Å². The van der Waals surface area contributed by atoms with E-state index in [2.05, 4.69) is 10.3 Å². The van der Waals surface area contributed by atoms with Gasteiger partial charge in [-0.25, -0.2) is 4.98 Å². The van der Waals surface area contributed by atoms with Crippen LogP contribution in [0, 0.1) is 19.8 Å². The summed E-state index contributed by atoms with van der Waals surface area (Å²) >= 11 is 1.56. The van der Waals surface area contributed by atoms with Gasteiger partial charge in [0.1, 0.15) is 5.82 Å². The highest BCUT2D eigenvalue weighted by Gasteiger charge is 2.45. The van der Waals surface area contributed by atoms with Crippen LogP contribution in [0.3, 0.4) is 0 Å². The first-order valence-electron chi connectivity index (χ1n) is 9.18. The molecule has 3 heterocycles. The Bertz CT molecular complexity index is 999. The van der Waals surface area contributed by atoms with Gasteiger partial charge in [-0.05, 0) is 55.1 Å². The molecule has 1 saturated heterocycles. The van der Waals surface area contributed by atoms with E-state index in [0.29, 0.717) is 5.82 Å². The molecule has 1 aliphatic heterocycles. The lowest BCUT2D eigenvalue weighted by molar-refractivity contribution is -0.122. The molecule has 1 fully saturated rings. The highest BCUT2D eigenvalue weighted by molar-refractivity contribution is 7.10. The van der Waals surface area contributed by atoms with E-state index in [9.17, 15) is 9.59 Å². The Labute approximate surface area is 168 Å². The third-order valence-electron chi connectivity index (χ3n) is 4.97. The number of thiophene rings is 1. The van der Waals surface area contributed by atoms with E-state index in [1.54, 1.807) is 22.4 Å². The molecule has 0 unspecified atom stereocenters. The monoisotopic (exact) mass is 391 g/mol. The molecule has 4 rings (SSSR count). The molecular weight excluding hydrogens is 370 g/mol. The highest BCUT2D eigenvalue weighted by atomic mass is 32.1. The number of benzene rings is 1. The minimum absolute atomic E-state index is 0.0420. The van der Waals surface area contributed by atoms with Crippen LogP contribution in [0.4, 0.5) is 11.5 Å². The molecule has 0 bridgehead atoms. The molecule has 2 aromatic heterocycles. The van der Waals surface area contributed by atoms with Gasteiger partial charge in [0.15, 0.2) is 0 Å². The van der Waals surface area contributed by atoms with Gasteiger partial charge in [0.25, 0.3) is 0 Å². The summed E-state index contributed by atoms with van der Waals surface area (Å²) in [6, 6.07) is 15.2. The van der Waals surface area contributed by atoms with Gasteiger partial charge in [-0.1, -0.05) is 23.8 Å². The van der Waals surface area contributed by atoms with Crippen LogP contribution in [0.1, 0.15) is 28.5 Å². The smallest absolute Gasteiger partial charge is 0.231 e. The number of rotatable bonds is 4. The largest absolute Gasteiger partial charge is 0.310 e. The third-order valence-corrected chi connectivity index (χ3v) is 5.92. The van der Waals surface area contributed by atoms with E-state index < -0.39 is 5.92 Å². The van der Waals surface area contributed by atoms with Crippen molar-refractivity contribution >= 4 is 34.7 Å². The Morgan fingerprint density at radius 3 is 2.61 bits per heavy atom. The number of nitrogens with zero attached hydrogens (tertiary/aromatic N) is 2. The van der Waals surface area contributed by atoms with E-state index in [1.807, 2.05) is 67.8 Å². The number of carbonyl (C=O) groups excluding carboxylic acids is 2. The Morgan fingerprint density at radius 1 is 1.14 bits per heavy atom. The molecule has 6 heteroatoms. The molecule has 142 valence electrons. The number of aryl methyl sites for hydroxylation is 2. The lowest BCUT2D eigenvalue weighted by atomic mass is 9.97. The molecule has 2 atom stereocenters. The van der Waals surface area contributed by atoms with Crippen LogP contribution < -0.4 is 10.2 Å². The van der Waals surface area contributed by atoms with Crippen molar-refractivity contribution in [2.45, 2.75) is 26.3 Å². The lowest BCUT2D eigenvalue weighted by Crippen LogP contribution is -2.32. The zero-order valence-corrected chi connectivity index (χ0v) is 16.6. The van der Waals surface area contributed by atoms with Crippen LogP contribution in [-0.2, 0) is 9.59 Å². The Kier molecular flexibility index (Phi) is 4.96. The molecule has 1 aromatic carbocycles. The molecule has 1 aliphatic rings. The van der Waals surface area contributed by atoms with Crippen LogP contribution in [0.5, 0.6) is 0 Å². The second-order valence-corrected chi connectivity index (χ2v) is 8.06. The minimum atomic E-state index is -0.477. The van der Waals surface area contributed by atoms with E-state index in [4.69, 9.17) is 0 Å². The number of carbonyl (C=O) groups is 2. The predicted octanol–water partition coefficient (Wildman–Crippen LogP) is 4.49. The van der Waals surface area contributed by atoms with Gasteiger partial charge in [-0.2, -0.15) is 0 Å². The molecular formula is C22H21N3O2S. The molecule has 0 spiro atoms. The molecule has 3 aromatic rings. The molecule has 0 aliphatic carbocycles. The number of amides is 2. The maximum Gasteiger partial charge on any atom is 0.231 e. The molecule has 0 radical (unpaired) electrons. The molecule has 5 nitrogen and oxygen atoms in total. The molecule has 0 saturated carbocycles. The highest BCUT2D eigenvalue weighted by Crippen LogP contribution is 2.43. The minimum Gasteiger partial charge on any atom is -0.310 e. The van der Waals surface area contributed by atoms with Gasteiger partial charge in [0.05, 0.1) is 12.0 Å². The van der Waals surface area contributed by atoms with E-state index >= 15 is 0 Å². The fraction of sp³-hybridized carbons (Fsp3) is 0.227. The van der Waals surface area contributed by atoms with Crippen LogP contribution >= 0.6 is 11.3 Å². The number of hydrogen-bond donors (Lipinski definition) is 1. The van der Waals surface area contributed by atoms with Crippen LogP contribution in [-0.4, -0.2) is 16.8 Å². The first kappa shape index (κ1) is 18.4. The predicted molar refractivity (Wildman–Crippen MR) is 111 cm³/mol. The number of anilines is 2. The average molecular weight is 391 g/mol. The van der Waals surface area contributed by atoms with Crippen LogP contribution in [0.2, 0.25) is 0 Å². The van der Waals surface area contributed by atoms with Crippen LogP contribution in [0.25, 0.3) is 0 Å². The summed E-state index contributed by atoms with van der Waals surface area (Å²) in [5.41, 5.74) is 2.96. The molecule has 2 amide bonds. The second-order valence-electron chi connectivity index (χ2n) is 7.08. The fourth-order valence-corrected chi connectivity index (χ4v) is 4.47. The zero-order chi connectivity index (χ0) is 19.7. The maximum atomic E-state index is 13.1. The van der Waals surface area contributed by atoms with Crippen molar-refractivity contribution in [1.29, 1.82) is 0 Å². The van der Waals surface area contributed by atoms with E-state index in [-0.39, 0.29) is 24.3 Å². The zero-order valence-electron chi connectivity index (χ0n) is 15.8. The summed E-state index contributed by atoms with van der Waals surface area (Å²) in [6.07, 6.45) is 1.84. The SMILES string of the molecule is Cc1ccc(N2C(=O)C[C@@H](C(=O)Nc3cc(C)ccn3)[C@H]2c2cccs2)cc1. The van der Waals surface area contributed by atoms with Crippen LogP contribution in [0.15, 0.2) is 60.1 Å². The van der Waals surface area contributed by atoms with Crippen molar-refractivity contribution in [3.63, 3.8) is 0 Å². The Balaban J connectivity index is 1.67. The molecule has 1 N–H and O–H groups in total. The van der Waals surface area contributed by atoms with Gasteiger partial charge in [-0.3, -0.25) is 9.59 Å². The Morgan fingerprint density at radius 2 is 1.93 bits per heavy atom. The maximum absolute atomic E-state index is 13.1. The van der Waals surface area contributed by atoms with Gasteiger partial charge in [0, 0.05) is 23.2 Å². The van der Waals surface area contributed by atoms with Crippen molar-refractivity contribution < 1.29 is 9.59 Å². The third kappa shape index (κ3) is 3.55. The standard InChI is InChI=1S/C22H21N3O2S/c1-14-5-7-16(8-6-14)25-20(26)13-17(21(25)18-4-3-11-28-18)22(27)24-19-12-15(2)9-10-23-19/h3-12,17,21H,13H2,1-2H3,(H,23,24,27)/t17-,21+/m1/s1. The van der Waals surface area contributed by atoms with E-state index in [0.717, 1.165) is 21.7 Å². The van der Waals surface area contributed by atoms with Crippen molar-refractivity contribution in [1.82, 2.24) is 4.98 Å². The number of nitrogens with one attached hydrogen (secondary N) is 1. The first-order valence-corrected chi connectivity index (χ1v) is 10.1. The summed E-state index contributed by atoms with van der Waals surface area (Å²) in [4.78, 5) is 33.0. The summed E-state index contributed by atoms with van der Waals surface area (Å²) in [5, 5.41) is 4.87. The number of aromatic nitrogens is 1. The first-order chi connectivity index (χ1) is 13.5. The van der Waals surface area contributed by atoms with E-state index in [1.165, 1.54) is 0 Å². The Hall–Kier alpha value is -2.99. The second kappa shape index (κ2) is 7.56. The van der Waals surface area contributed by atoms with Crippen molar-refractivity contribution in [2.24, 2.45) is 5.92 Å². The van der Waals surface area contributed by atoms with Gasteiger partial charge in [0.2, 0.25) is 11.8 Å². The summed E-state index contributed by atoms with van der Waals surface area (Å²) < 4.78 is 0. The summed E-state index contributed by atoms with van der Waals surface area (Å²) in [7, 11) is 0. The number of pyridine rings is 1. The van der Waals surface area contributed by atoms with Gasteiger partial charge < -0.3 is 10.2 Å².